The molecule has 1 heterocycles. The molecule has 0 saturated carbocycles. The van der Waals surface area contributed by atoms with Gasteiger partial charge in [0.05, 0.1) is 18.2 Å². The lowest BCUT2D eigenvalue weighted by Crippen LogP contribution is -1.93. The van der Waals surface area contributed by atoms with Crippen LogP contribution in [-0.4, -0.2) is 20.5 Å². The minimum Gasteiger partial charge on any atom is -0.494 e. The van der Waals surface area contributed by atoms with Crippen molar-refractivity contribution in [3.05, 3.63) is 29.5 Å². The molecule has 90 valence electrons. The van der Waals surface area contributed by atoms with Crippen LogP contribution in [0.3, 0.4) is 0 Å². The molecule has 0 spiro atoms. The van der Waals surface area contributed by atoms with E-state index >= 15 is 0 Å². The summed E-state index contributed by atoms with van der Waals surface area (Å²) in [6.07, 6.45) is 1.43. The number of benzene rings is 1. The normalized spacial score (nSPS) is 11.7. The minimum absolute atomic E-state index is 0.00719. The number of hydrogen-bond acceptors (Lipinski definition) is 4. The lowest BCUT2D eigenvalue weighted by atomic mass is 10.2. The fourth-order valence-corrected chi connectivity index (χ4v) is 2.47. The summed E-state index contributed by atoms with van der Waals surface area (Å²) in [5.41, 5.74) is 0. The standard InChI is InChI=1S/C10H7Cl2NO3S/c1-16-9-5-13-10(11)7-3-2-6(4-8(7)9)17(12,14)15/h2-5H,1H3. The Morgan fingerprint density at radius 1 is 1.29 bits per heavy atom. The highest BCUT2D eigenvalue weighted by Crippen LogP contribution is 2.31. The van der Waals surface area contributed by atoms with Gasteiger partial charge in [0.25, 0.3) is 9.05 Å². The maximum absolute atomic E-state index is 11.2. The Morgan fingerprint density at radius 2 is 2.00 bits per heavy atom. The van der Waals surface area contributed by atoms with Crippen LogP contribution in [0.25, 0.3) is 10.8 Å². The van der Waals surface area contributed by atoms with Crippen molar-refractivity contribution in [2.24, 2.45) is 0 Å². The van der Waals surface area contributed by atoms with Gasteiger partial charge in [-0.2, -0.15) is 0 Å². The third-order valence-electron chi connectivity index (χ3n) is 2.28. The average Bonchev–Trinajstić information content (AvgIpc) is 2.28. The second-order valence-electron chi connectivity index (χ2n) is 3.26. The van der Waals surface area contributed by atoms with E-state index in [1.165, 1.54) is 25.4 Å². The molecule has 17 heavy (non-hydrogen) atoms. The molecule has 0 aliphatic carbocycles. The highest BCUT2D eigenvalue weighted by atomic mass is 35.7. The van der Waals surface area contributed by atoms with E-state index in [2.05, 4.69) is 4.98 Å². The molecule has 1 aromatic heterocycles. The van der Waals surface area contributed by atoms with Gasteiger partial charge in [0.1, 0.15) is 10.9 Å². The summed E-state index contributed by atoms with van der Waals surface area (Å²) in [4.78, 5) is 3.92. The van der Waals surface area contributed by atoms with Gasteiger partial charge in [-0.25, -0.2) is 13.4 Å². The van der Waals surface area contributed by atoms with E-state index in [1.807, 2.05) is 0 Å². The van der Waals surface area contributed by atoms with Crippen LogP contribution in [0.5, 0.6) is 5.75 Å². The molecule has 0 N–H and O–H groups in total. The van der Waals surface area contributed by atoms with Crippen molar-refractivity contribution in [2.45, 2.75) is 4.90 Å². The summed E-state index contributed by atoms with van der Waals surface area (Å²) in [6, 6.07) is 4.32. The van der Waals surface area contributed by atoms with Gasteiger partial charge in [0, 0.05) is 21.5 Å². The number of fused-ring (bicyclic) bond motifs is 1. The van der Waals surface area contributed by atoms with E-state index in [0.29, 0.717) is 16.5 Å². The Balaban J connectivity index is 2.84. The second kappa shape index (κ2) is 4.33. The Hall–Kier alpha value is -1.04. The maximum atomic E-state index is 11.2. The number of pyridine rings is 1. The van der Waals surface area contributed by atoms with Gasteiger partial charge in [-0.1, -0.05) is 11.6 Å². The zero-order chi connectivity index (χ0) is 12.6. The third-order valence-corrected chi connectivity index (χ3v) is 3.93. The largest absolute Gasteiger partial charge is 0.494 e. The smallest absolute Gasteiger partial charge is 0.261 e. The molecule has 0 unspecified atom stereocenters. The summed E-state index contributed by atoms with van der Waals surface area (Å²) in [6.45, 7) is 0. The van der Waals surface area contributed by atoms with E-state index in [0.717, 1.165) is 0 Å². The van der Waals surface area contributed by atoms with Crippen LogP contribution < -0.4 is 4.74 Å². The van der Waals surface area contributed by atoms with Gasteiger partial charge in [-0.05, 0) is 18.2 Å². The van der Waals surface area contributed by atoms with Crippen LogP contribution in [-0.2, 0) is 9.05 Å². The predicted molar refractivity (Wildman–Crippen MR) is 66.3 cm³/mol. The summed E-state index contributed by atoms with van der Waals surface area (Å²) >= 11 is 5.90. The van der Waals surface area contributed by atoms with E-state index in [1.54, 1.807) is 6.07 Å². The van der Waals surface area contributed by atoms with Crippen molar-refractivity contribution in [1.29, 1.82) is 0 Å². The Labute approximate surface area is 108 Å². The average molecular weight is 292 g/mol. The van der Waals surface area contributed by atoms with E-state index in [-0.39, 0.29) is 10.0 Å². The van der Waals surface area contributed by atoms with Crippen LogP contribution >= 0.6 is 22.3 Å². The molecule has 0 saturated heterocycles. The number of nitrogens with zero attached hydrogens (tertiary/aromatic N) is 1. The topological polar surface area (TPSA) is 56.3 Å². The van der Waals surface area contributed by atoms with Gasteiger partial charge < -0.3 is 4.74 Å². The lowest BCUT2D eigenvalue weighted by molar-refractivity contribution is 0.418. The zero-order valence-electron chi connectivity index (χ0n) is 8.65. The van der Waals surface area contributed by atoms with Crippen molar-refractivity contribution < 1.29 is 13.2 Å². The van der Waals surface area contributed by atoms with Crippen molar-refractivity contribution in [2.75, 3.05) is 7.11 Å². The highest BCUT2D eigenvalue weighted by Gasteiger charge is 2.13. The van der Waals surface area contributed by atoms with Crippen LogP contribution in [0.15, 0.2) is 29.3 Å². The molecule has 0 fully saturated rings. The van der Waals surface area contributed by atoms with Crippen molar-refractivity contribution in [3.8, 4) is 5.75 Å². The first kappa shape index (κ1) is 12.4. The first-order valence-electron chi connectivity index (χ1n) is 4.50. The number of methoxy groups -OCH3 is 1. The third kappa shape index (κ3) is 2.31. The van der Waals surface area contributed by atoms with Gasteiger partial charge >= 0.3 is 0 Å². The summed E-state index contributed by atoms with van der Waals surface area (Å²) in [7, 11) is 2.96. The molecule has 1 aromatic carbocycles. The number of ether oxygens (including phenoxy) is 1. The van der Waals surface area contributed by atoms with Crippen LogP contribution in [0.1, 0.15) is 0 Å². The molecule has 2 aromatic rings. The maximum Gasteiger partial charge on any atom is 0.261 e. The van der Waals surface area contributed by atoms with Crippen molar-refractivity contribution >= 4 is 42.1 Å². The number of rotatable bonds is 2. The SMILES string of the molecule is COc1cnc(Cl)c2ccc(S(=O)(=O)Cl)cc12. The van der Waals surface area contributed by atoms with Crippen molar-refractivity contribution in [3.63, 3.8) is 0 Å². The van der Waals surface area contributed by atoms with Crippen LogP contribution in [0.2, 0.25) is 5.15 Å². The van der Waals surface area contributed by atoms with E-state index in [9.17, 15) is 8.42 Å². The Morgan fingerprint density at radius 3 is 2.59 bits per heavy atom. The number of aromatic nitrogens is 1. The Bertz CT molecular complexity index is 685. The second-order valence-corrected chi connectivity index (χ2v) is 6.19. The first-order valence-corrected chi connectivity index (χ1v) is 7.19. The fraction of sp³-hybridized carbons (Fsp3) is 0.100. The fourth-order valence-electron chi connectivity index (χ4n) is 1.48. The molecular formula is C10H7Cl2NO3S. The molecule has 0 radical (unpaired) electrons. The molecule has 0 aliphatic heterocycles. The molecule has 7 heteroatoms. The van der Waals surface area contributed by atoms with Gasteiger partial charge in [-0.15, -0.1) is 0 Å². The highest BCUT2D eigenvalue weighted by molar-refractivity contribution is 8.13. The van der Waals surface area contributed by atoms with Gasteiger partial charge in [-0.3, -0.25) is 0 Å². The first-order chi connectivity index (χ1) is 7.93. The molecule has 0 bridgehead atoms. The van der Waals surface area contributed by atoms with Crippen LogP contribution in [0, 0.1) is 0 Å². The van der Waals surface area contributed by atoms with E-state index < -0.39 is 9.05 Å². The quantitative estimate of drug-likeness (QED) is 0.631. The van der Waals surface area contributed by atoms with E-state index in [4.69, 9.17) is 27.0 Å². The summed E-state index contributed by atoms with van der Waals surface area (Å²) in [5.74, 6) is 0.437. The predicted octanol–water partition coefficient (Wildman–Crippen LogP) is 2.82. The Kier molecular flexibility index (Phi) is 3.16. The monoisotopic (exact) mass is 291 g/mol. The van der Waals surface area contributed by atoms with Gasteiger partial charge in [0.15, 0.2) is 0 Å². The number of halogens is 2. The molecular weight excluding hydrogens is 285 g/mol. The molecule has 4 nitrogen and oxygen atoms in total. The zero-order valence-corrected chi connectivity index (χ0v) is 11.0. The van der Waals surface area contributed by atoms with Gasteiger partial charge in [0.2, 0.25) is 0 Å². The van der Waals surface area contributed by atoms with Crippen LogP contribution in [0.4, 0.5) is 0 Å². The molecule has 0 atom stereocenters. The van der Waals surface area contributed by atoms with Crippen molar-refractivity contribution in [1.82, 2.24) is 4.98 Å². The molecule has 0 amide bonds. The summed E-state index contributed by atoms with van der Waals surface area (Å²) in [5, 5.41) is 1.43. The molecule has 2 rings (SSSR count). The summed E-state index contributed by atoms with van der Waals surface area (Å²) < 4.78 is 27.6. The molecule has 0 aliphatic rings. The minimum atomic E-state index is -3.78. The lowest BCUT2D eigenvalue weighted by Gasteiger charge is -2.07. The number of hydrogen-bond donors (Lipinski definition) is 0.